The van der Waals surface area contributed by atoms with Crippen LogP contribution in [-0.4, -0.2) is 34.0 Å². The van der Waals surface area contributed by atoms with Crippen LogP contribution in [0.5, 0.6) is 0 Å². The summed E-state index contributed by atoms with van der Waals surface area (Å²) in [4.78, 5) is 19.2. The molecule has 132 valence electrons. The van der Waals surface area contributed by atoms with Gasteiger partial charge in [0.2, 0.25) is 5.82 Å². The van der Waals surface area contributed by atoms with Crippen molar-refractivity contribution in [2.24, 2.45) is 0 Å². The Labute approximate surface area is 152 Å². The van der Waals surface area contributed by atoms with Crippen LogP contribution < -0.4 is 0 Å². The van der Waals surface area contributed by atoms with E-state index in [1.54, 1.807) is 0 Å². The van der Waals surface area contributed by atoms with E-state index in [1.165, 1.54) is 6.42 Å². The molecule has 0 atom stereocenters. The number of hydrogen-bond acceptors (Lipinski definition) is 4. The first-order valence-electron chi connectivity index (χ1n) is 9.02. The molecule has 1 amide bonds. The molecule has 3 aromatic rings. The number of nitrogens with zero attached hydrogens (tertiary/aromatic N) is 3. The summed E-state index contributed by atoms with van der Waals surface area (Å²) in [7, 11) is 0. The fraction of sp³-hybridized carbons (Fsp3) is 0.286. The molecule has 1 fully saturated rings. The lowest BCUT2D eigenvalue weighted by molar-refractivity contribution is 0.0724. The van der Waals surface area contributed by atoms with Crippen molar-refractivity contribution in [2.75, 3.05) is 13.1 Å². The lowest BCUT2D eigenvalue weighted by atomic mass is 10.1. The van der Waals surface area contributed by atoms with Crippen LogP contribution >= 0.6 is 0 Å². The number of aromatic nitrogens is 2. The molecule has 2 aromatic carbocycles. The van der Waals surface area contributed by atoms with Crippen molar-refractivity contribution in [2.45, 2.75) is 26.2 Å². The van der Waals surface area contributed by atoms with E-state index in [4.69, 9.17) is 4.52 Å². The Balaban J connectivity index is 1.61. The lowest BCUT2D eigenvalue weighted by Gasteiger charge is -2.26. The summed E-state index contributed by atoms with van der Waals surface area (Å²) in [6.45, 7) is 3.68. The third-order valence-electron chi connectivity index (χ3n) is 4.81. The fourth-order valence-corrected chi connectivity index (χ4v) is 3.33. The van der Waals surface area contributed by atoms with Crippen LogP contribution in [0.1, 0.15) is 35.2 Å². The smallest absolute Gasteiger partial charge is 0.258 e. The van der Waals surface area contributed by atoms with Gasteiger partial charge in [-0.1, -0.05) is 35.5 Å². The van der Waals surface area contributed by atoms with Crippen LogP contribution in [0.4, 0.5) is 0 Å². The van der Waals surface area contributed by atoms with Crippen molar-refractivity contribution in [3.05, 3.63) is 59.7 Å². The van der Waals surface area contributed by atoms with E-state index < -0.39 is 0 Å². The van der Waals surface area contributed by atoms with Crippen molar-refractivity contribution >= 4 is 5.91 Å². The Hall–Kier alpha value is -2.95. The summed E-state index contributed by atoms with van der Waals surface area (Å²) in [5.41, 5.74) is 3.46. The molecule has 0 N–H and O–H groups in total. The molecular weight excluding hydrogens is 326 g/mol. The number of hydrogen-bond donors (Lipinski definition) is 0. The summed E-state index contributed by atoms with van der Waals surface area (Å²) in [5.74, 6) is 1.07. The molecule has 0 saturated carbocycles. The predicted molar refractivity (Wildman–Crippen MR) is 99.7 cm³/mol. The molecule has 5 heteroatoms. The van der Waals surface area contributed by atoms with E-state index in [2.05, 4.69) is 10.1 Å². The van der Waals surface area contributed by atoms with Crippen LogP contribution in [0.25, 0.3) is 22.8 Å². The van der Waals surface area contributed by atoms with Crippen LogP contribution in [-0.2, 0) is 0 Å². The zero-order chi connectivity index (χ0) is 17.9. The van der Waals surface area contributed by atoms with Gasteiger partial charge < -0.3 is 9.42 Å². The van der Waals surface area contributed by atoms with Gasteiger partial charge in [-0.05, 0) is 49.9 Å². The van der Waals surface area contributed by atoms with E-state index in [0.29, 0.717) is 17.3 Å². The minimum atomic E-state index is 0.0779. The maximum atomic E-state index is 12.7. The van der Waals surface area contributed by atoms with E-state index in [9.17, 15) is 4.79 Å². The van der Waals surface area contributed by atoms with Gasteiger partial charge in [-0.2, -0.15) is 4.98 Å². The summed E-state index contributed by atoms with van der Waals surface area (Å²) >= 11 is 0. The van der Waals surface area contributed by atoms with Gasteiger partial charge in [-0.3, -0.25) is 4.79 Å². The van der Waals surface area contributed by atoms with Gasteiger partial charge in [0, 0.05) is 29.8 Å². The van der Waals surface area contributed by atoms with Gasteiger partial charge in [-0.15, -0.1) is 0 Å². The lowest BCUT2D eigenvalue weighted by Crippen LogP contribution is -2.35. The molecule has 1 aromatic heterocycles. The van der Waals surface area contributed by atoms with Crippen molar-refractivity contribution < 1.29 is 9.32 Å². The highest BCUT2D eigenvalue weighted by molar-refractivity contribution is 5.95. The van der Waals surface area contributed by atoms with Gasteiger partial charge in [0.25, 0.3) is 11.8 Å². The molecule has 0 unspecified atom stereocenters. The number of likely N-dealkylation sites (tertiary alicyclic amines) is 1. The molecule has 26 heavy (non-hydrogen) atoms. The molecule has 0 aliphatic carbocycles. The summed E-state index contributed by atoms with van der Waals surface area (Å²) in [5, 5.41) is 4.11. The van der Waals surface area contributed by atoms with E-state index in [0.717, 1.165) is 42.6 Å². The standard InChI is InChI=1S/C21H21N3O2/c1-15-8-3-4-11-18(15)20-22-19(23-26-20)16-9-7-10-17(14-16)21(25)24-12-5-2-6-13-24/h3-4,7-11,14H,2,5-6,12-13H2,1H3. The molecule has 5 nitrogen and oxygen atoms in total. The fourth-order valence-electron chi connectivity index (χ4n) is 3.33. The van der Waals surface area contributed by atoms with Crippen LogP contribution in [0, 0.1) is 6.92 Å². The first-order chi connectivity index (χ1) is 12.7. The minimum Gasteiger partial charge on any atom is -0.339 e. The number of carbonyl (C=O) groups is 1. The van der Waals surface area contributed by atoms with Gasteiger partial charge in [0.1, 0.15) is 0 Å². The zero-order valence-corrected chi connectivity index (χ0v) is 14.8. The normalized spacial score (nSPS) is 14.4. The first-order valence-corrected chi connectivity index (χ1v) is 9.02. The Morgan fingerprint density at radius 1 is 1.04 bits per heavy atom. The van der Waals surface area contributed by atoms with Crippen molar-refractivity contribution in [1.82, 2.24) is 15.0 Å². The van der Waals surface area contributed by atoms with E-state index in [1.807, 2.05) is 60.4 Å². The average Bonchev–Trinajstić information content (AvgIpc) is 3.18. The van der Waals surface area contributed by atoms with Crippen LogP contribution in [0.3, 0.4) is 0 Å². The third kappa shape index (κ3) is 3.25. The molecule has 0 spiro atoms. The number of rotatable bonds is 3. The number of benzene rings is 2. The topological polar surface area (TPSA) is 59.2 Å². The SMILES string of the molecule is Cc1ccccc1-c1nc(-c2cccc(C(=O)N3CCCCC3)c2)no1. The Kier molecular flexibility index (Phi) is 4.52. The molecule has 2 heterocycles. The van der Waals surface area contributed by atoms with Crippen molar-refractivity contribution in [3.8, 4) is 22.8 Å². The number of aryl methyl sites for hydroxylation is 1. The number of carbonyl (C=O) groups excluding carboxylic acids is 1. The molecule has 0 radical (unpaired) electrons. The highest BCUT2D eigenvalue weighted by Crippen LogP contribution is 2.25. The summed E-state index contributed by atoms with van der Waals surface area (Å²) < 4.78 is 5.45. The largest absolute Gasteiger partial charge is 0.339 e. The average molecular weight is 347 g/mol. The third-order valence-corrected chi connectivity index (χ3v) is 4.81. The zero-order valence-electron chi connectivity index (χ0n) is 14.8. The minimum absolute atomic E-state index is 0.0779. The quantitative estimate of drug-likeness (QED) is 0.707. The Bertz CT molecular complexity index is 926. The van der Waals surface area contributed by atoms with E-state index >= 15 is 0 Å². The molecule has 1 saturated heterocycles. The van der Waals surface area contributed by atoms with Crippen LogP contribution in [0.15, 0.2) is 53.1 Å². The molecular formula is C21H21N3O2. The highest BCUT2D eigenvalue weighted by atomic mass is 16.5. The van der Waals surface area contributed by atoms with Gasteiger partial charge in [0.15, 0.2) is 0 Å². The van der Waals surface area contributed by atoms with Gasteiger partial charge in [-0.25, -0.2) is 0 Å². The Morgan fingerprint density at radius 2 is 1.85 bits per heavy atom. The summed E-state index contributed by atoms with van der Waals surface area (Å²) in [6.07, 6.45) is 3.36. The van der Waals surface area contributed by atoms with E-state index in [-0.39, 0.29) is 5.91 Å². The maximum absolute atomic E-state index is 12.7. The molecule has 4 rings (SSSR count). The number of amides is 1. The second-order valence-corrected chi connectivity index (χ2v) is 6.67. The second kappa shape index (κ2) is 7.12. The molecule has 0 bridgehead atoms. The van der Waals surface area contributed by atoms with Gasteiger partial charge >= 0.3 is 0 Å². The molecule has 1 aliphatic rings. The van der Waals surface area contributed by atoms with Gasteiger partial charge in [0.05, 0.1) is 0 Å². The Morgan fingerprint density at radius 3 is 2.65 bits per heavy atom. The highest BCUT2D eigenvalue weighted by Gasteiger charge is 2.19. The number of piperidine rings is 1. The predicted octanol–water partition coefficient (Wildman–Crippen LogP) is 4.34. The van der Waals surface area contributed by atoms with Crippen molar-refractivity contribution in [3.63, 3.8) is 0 Å². The first kappa shape index (κ1) is 16.5. The maximum Gasteiger partial charge on any atom is 0.258 e. The molecule has 1 aliphatic heterocycles. The summed E-state index contributed by atoms with van der Waals surface area (Å²) in [6, 6.07) is 15.4. The van der Waals surface area contributed by atoms with Crippen molar-refractivity contribution in [1.29, 1.82) is 0 Å². The monoisotopic (exact) mass is 347 g/mol. The second-order valence-electron chi connectivity index (χ2n) is 6.67. The van der Waals surface area contributed by atoms with Crippen LogP contribution in [0.2, 0.25) is 0 Å².